The van der Waals surface area contributed by atoms with Crippen LogP contribution in [0.25, 0.3) is 0 Å². The molecular formula is C24H35N3O5. The summed E-state index contributed by atoms with van der Waals surface area (Å²) in [5.41, 5.74) is 1.72. The molecule has 32 heavy (non-hydrogen) atoms. The Labute approximate surface area is 189 Å². The van der Waals surface area contributed by atoms with E-state index in [1.807, 2.05) is 37.2 Å². The fourth-order valence-corrected chi connectivity index (χ4v) is 5.19. The molecular weight excluding hydrogens is 410 g/mol. The number of likely N-dealkylation sites (N-methyl/N-ethyl adjacent to an activating group) is 1. The Balaban J connectivity index is 1.43. The molecule has 1 aromatic carbocycles. The van der Waals surface area contributed by atoms with Gasteiger partial charge in [0.25, 0.3) is 0 Å². The number of amides is 2. The highest BCUT2D eigenvalue weighted by Crippen LogP contribution is 2.47. The number of nitrogens with zero attached hydrogens (tertiary/aromatic N) is 1. The maximum atomic E-state index is 12.6. The number of hydrogen-bond donors (Lipinski definition) is 3. The molecule has 3 N–H and O–H groups in total. The van der Waals surface area contributed by atoms with Crippen LogP contribution in [0.15, 0.2) is 18.2 Å². The number of anilines is 1. The molecule has 0 bridgehead atoms. The lowest BCUT2D eigenvalue weighted by Crippen LogP contribution is -2.48. The molecule has 1 saturated carbocycles. The van der Waals surface area contributed by atoms with Crippen molar-refractivity contribution in [1.82, 2.24) is 10.2 Å². The average Bonchev–Trinajstić information content (AvgIpc) is 3.11. The van der Waals surface area contributed by atoms with Crippen LogP contribution in [0.5, 0.6) is 5.75 Å². The Bertz CT molecular complexity index is 824. The van der Waals surface area contributed by atoms with E-state index in [4.69, 9.17) is 9.47 Å². The van der Waals surface area contributed by atoms with Crippen molar-refractivity contribution in [1.29, 1.82) is 0 Å². The van der Waals surface area contributed by atoms with Crippen LogP contribution in [-0.4, -0.2) is 73.4 Å². The van der Waals surface area contributed by atoms with Gasteiger partial charge in [0.1, 0.15) is 18.0 Å². The number of ether oxygens (including phenoxy) is 2. The number of benzene rings is 1. The van der Waals surface area contributed by atoms with E-state index >= 15 is 0 Å². The van der Waals surface area contributed by atoms with Gasteiger partial charge in [0.15, 0.2) is 0 Å². The monoisotopic (exact) mass is 445 g/mol. The topological polar surface area (TPSA) is 100 Å². The van der Waals surface area contributed by atoms with E-state index in [0.29, 0.717) is 13.0 Å². The highest BCUT2D eigenvalue weighted by Gasteiger charge is 2.46. The molecule has 1 saturated heterocycles. The first-order valence-electron chi connectivity index (χ1n) is 11.7. The third kappa shape index (κ3) is 5.42. The summed E-state index contributed by atoms with van der Waals surface area (Å²) in [5, 5.41) is 16.0. The van der Waals surface area contributed by atoms with Crippen molar-refractivity contribution in [2.24, 2.45) is 0 Å². The zero-order valence-corrected chi connectivity index (χ0v) is 19.0. The minimum absolute atomic E-state index is 0.00841. The number of hydrogen-bond acceptors (Lipinski definition) is 6. The van der Waals surface area contributed by atoms with Crippen LogP contribution >= 0.6 is 0 Å². The Morgan fingerprint density at radius 1 is 1.16 bits per heavy atom. The second kappa shape index (κ2) is 10.2. The molecule has 176 valence electrons. The van der Waals surface area contributed by atoms with Crippen LogP contribution in [0.4, 0.5) is 5.69 Å². The predicted molar refractivity (Wildman–Crippen MR) is 121 cm³/mol. The summed E-state index contributed by atoms with van der Waals surface area (Å²) in [6, 6.07) is 5.91. The summed E-state index contributed by atoms with van der Waals surface area (Å²) < 4.78 is 12.2. The lowest BCUT2D eigenvalue weighted by atomic mass is 9.84. The number of aliphatic hydroxyl groups is 1. The molecule has 8 heteroatoms. The predicted octanol–water partition coefficient (Wildman–Crippen LogP) is 2.02. The van der Waals surface area contributed by atoms with E-state index in [1.165, 1.54) is 19.3 Å². The molecule has 0 unspecified atom stereocenters. The van der Waals surface area contributed by atoms with Gasteiger partial charge in [0.05, 0.1) is 25.7 Å². The molecule has 0 spiro atoms. The first-order valence-corrected chi connectivity index (χ1v) is 11.7. The van der Waals surface area contributed by atoms with Gasteiger partial charge in [0, 0.05) is 23.2 Å². The highest BCUT2D eigenvalue weighted by atomic mass is 16.6. The van der Waals surface area contributed by atoms with Gasteiger partial charge in [-0.2, -0.15) is 0 Å². The van der Waals surface area contributed by atoms with E-state index < -0.39 is 6.10 Å². The lowest BCUT2D eigenvalue weighted by molar-refractivity contribution is -0.142. The van der Waals surface area contributed by atoms with Crippen LogP contribution in [0.3, 0.4) is 0 Å². The van der Waals surface area contributed by atoms with Crippen molar-refractivity contribution in [2.75, 3.05) is 32.6 Å². The van der Waals surface area contributed by atoms with Crippen LogP contribution in [-0.2, 0) is 14.3 Å². The van der Waals surface area contributed by atoms with Gasteiger partial charge in [-0.3, -0.25) is 9.59 Å². The Morgan fingerprint density at radius 2 is 1.94 bits per heavy atom. The molecule has 0 aromatic heterocycles. The summed E-state index contributed by atoms with van der Waals surface area (Å²) in [6.07, 6.45) is 5.54. The fourth-order valence-electron chi connectivity index (χ4n) is 5.19. The van der Waals surface area contributed by atoms with Gasteiger partial charge >= 0.3 is 0 Å². The van der Waals surface area contributed by atoms with Crippen molar-refractivity contribution in [3.63, 3.8) is 0 Å². The Kier molecular flexibility index (Phi) is 7.33. The molecule has 4 rings (SSSR count). The van der Waals surface area contributed by atoms with Crippen LogP contribution in [0.2, 0.25) is 0 Å². The van der Waals surface area contributed by atoms with Crippen LogP contribution in [0, 0.1) is 0 Å². The number of nitrogens with one attached hydrogen (secondary N) is 2. The lowest BCUT2D eigenvalue weighted by Gasteiger charge is -2.37. The number of aliphatic hydroxyl groups excluding tert-OH is 1. The van der Waals surface area contributed by atoms with Crippen molar-refractivity contribution in [2.45, 2.75) is 75.2 Å². The molecule has 1 aliphatic carbocycles. The van der Waals surface area contributed by atoms with Gasteiger partial charge in [-0.25, -0.2) is 0 Å². The minimum atomic E-state index is -0.486. The first-order chi connectivity index (χ1) is 15.4. The van der Waals surface area contributed by atoms with E-state index in [1.54, 1.807) is 0 Å². The molecule has 2 heterocycles. The third-order valence-electron chi connectivity index (χ3n) is 6.63. The van der Waals surface area contributed by atoms with Crippen molar-refractivity contribution in [3.05, 3.63) is 23.8 Å². The first kappa shape index (κ1) is 23.0. The maximum absolute atomic E-state index is 12.6. The van der Waals surface area contributed by atoms with Gasteiger partial charge < -0.3 is 30.1 Å². The summed E-state index contributed by atoms with van der Waals surface area (Å²) in [4.78, 5) is 26.6. The van der Waals surface area contributed by atoms with Crippen LogP contribution in [0.1, 0.15) is 56.4 Å². The largest absolute Gasteiger partial charge is 0.487 e. The van der Waals surface area contributed by atoms with Gasteiger partial charge in [-0.05, 0) is 51.6 Å². The maximum Gasteiger partial charge on any atom is 0.238 e. The molecule has 4 atom stereocenters. The zero-order chi connectivity index (χ0) is 22.7. The number of carbonyl (C=O) groups excluding carboxylic acids is 2. The summed E-state index contributed by atoms with van der Waals surface area (Å²) in [6.45, 7) is 0.139. The Morgan fingerprint density at radius 3 is 2.66 bits per heavy atom. The second-order valence-corrected chi connectivity index (χ2v) is 9.55. The van der Waals surface area contributed by atoms with E-state index in [2.05, 4.69) is 10.6 Å². The van der Waals surface area contributed by atoms with E-state index in [-0.39, 0.29) is 49.0 Å². The SMILES string of the molecule is CN(C)CC(=O)Nc1ccc2c(c1)[C@H]1C[C@H](CC(=O)NC3CCCCC3)O[C@H](CO)[C@H]1O2. The van der Waals surface area contributed by atoms with Crippen molar-refractivity contribution >= 4 is 17.5 Å². The van der Waals surface area contributed by atoms with Gasteiger partial charge in [-0.1, -0.05) is 19.3 Å². The average molecular weight is 446 g/mol. The van der Waals surface area contributed by atoms with Crippen LogP contribution < -0.4 is 15.4 Å². The molecule has 2 aliphatic heterocycles. The smallest absolute Gasteiger partial charge is 0.238 e. The normalized spacial score (nSPS) is 27.4. The molecule has 0 radical (unpaired) electrons. The van der Waals surface area contributed by atoms with Crippen molar-refractivity contribution < 1.29 is 24.2 Å². The van der Waals surface area contributed by atoms with Gasteiger partial charge in [0.2, 0.25) is 11.8 Å². The summed E-state index contributed by atoms with van der Waals surface area (Å²) in [7, 11) is 3.70. The number of fused-ring (bicyclic) bond motifs is 3. The van der Waals surface area contributed by atoms with E-state index in [9.17, 15) is 14.7 Å². The standard InChI is InChI=1S/C24H35N3O5/c1-27(2)13-23(30)26-16-8-9-20-18(10-16)19-11-17(31-21(14-28)24(19)32-20)12-22(29)25-15-6-4-3-5-7-15/h8-10,15,17,19,21,24,28H,3-7,11-14H2,1-2H3,(H,25,29)(H,26,30)/t17-,19-,21-,24+/m1/s1. The summed E-state index contributed by atoms with van der Waals surface area (Å²) >= 11 is 0. The zero-order valence-electron chi connectivity index (χ0n) is 19.0. The summed E-state index contributed by atoms with van der Waals surface area (Å²) in [5.74, 6) is 0.692. The number of carbonyl (C=O) groups is 2. The Hall–Kier alpha value is -2.16. The fraction of sp³-hybridized carbons (Fsp3) is 0.667. The molecule has 3 aliphatic rings. The highest BCUT2D eigenvalue weighted by molar-refractivity contribution is 5.92. The van der Waals surface area contributed by atoms with E-state index in [0.717, 1.165) is 29.8 Å². The number of rotatable bonds is 7. The molecule has 2 fully saturated rings. The quantitative estimate of drug-likeness (QED) is 0.594. The van der Waals surface area contributed by atoms with Crippen molar-refractivity contribution in [3.8, 4) is 5.75 Å². The molecule has 2 amide bonds. The third-order valence-corrected chi connectivity index (χ3v) is 6.63. The molecule has 8 nitrogen and oxygen atoms in total. The minimum Gasteiger partial charge on any atom is -0.487 e. The second-order valence-electron chi connectivity index (χ2n) is 9.55. The molecule has 1 aromatic rings. The van der Waals surface area contributed by atoms with Gasteiger partial charge in [-0.15, -0.1) is 0 Å².